The third-order valence-corrected chi connectivity index (χ3v) is 2.98. The number of hydrogen-bond donors (Lipinski definition) is 1. The summed E-state index contributed by atoms with van der Waals surface area (Å²) < 4.78 is 16.5. The van der Waals surface area contributed by atoms with Gasteiger partial charge in [-0.25, -0.2) is 0 Å². The average Bonchev–Trinajstić information content (AvgIpc) is 2.61. The van der Waals surface area contributed by atoms with E-state index in [4.69, 9.17) is 19.9 Å². The SMILES string of the molecule is CC(C)(C)OC(=O)C(N)Cc1ccc2c(c1)OCCCO2. The van der Waals surface area contributed by atoms with Crippen LogP contribution in [0.5, 0.6) is 11.5 Å². The monoisotopic (exact) mass is 293 g/mol. The Labute approximate surface area is 125 Å². The van der Waals surface area contributed by atoms with Crippen LogP contribution in [0.2, 0.25) is 0 Å². The highest BCUT2D eigenvalue weighted by atomic mass is 16.6. The number of rotatable bonds is 3. The fraction of sp³-hybridized carbons (Fsp3) is 0.562. The lowest BCUT2D eigenvalue weighted by Crippen LogP contribution is -2.38. The van der Waals surface area contributed by atoms with Gasteiger partial charge in [-0.3, -0.25) is 4.79 Å². The maximum Gasteiger partial charge on any atom is 0.323 e. The Kier molecular flexibility index (Phi) is 4.73. The van der Waals surface area contributed by atoms with Crippen LogP contribution in [-0.2, 0) is 16.0 Å². The first-order chi connectivity index (χ1) is 9.85. The third-order valence-electron chi connectivity index (χ3n) is 2.98. The van der Waals surface area contributed by atoms with Crippen LogP contribution in [0.25, 0.3) is 0 Å². The van der Waals surface area contributed by atoms with Crippen molar-refractivity contribution in [1.82, 2.24) is 0 Å². The molecular formula is C16H23NO4. The van der Waals surface area contributed by atoms with Crippen LogP contribution < -0.4 is 15.2 Å². The molecule has 5 heteroatoms. The molecular weight excluding hydrogens is 270 g/mol. The van der Waals surface area contributed by atoms with Crippen LogP contribution in [0.3, 0.4) is 0 Å². The Morgan fingerprint density at radius 3 is 2.62 bits per heavy atom. The van der Waals surface area contributed by atoms with Gasteiger partial charge in [0.05, 0.1) is 13.2 Å². The summed E-state index contributed by atoms with van der Waals surface area (Å²) in [6.07, 6.45) is 1.27. The first-order valence-corrected chi connectivity index (χ1v) is 7.22. The van der Waals surface area contributed by atoms with E-state index in [1.807, 2.05) is 39.0 Å². The molecule has 2 rings (SSSR count). The van der Waals surface area contributed by atoms with E-state index >= 15 is 0 Å². The van der Waals surface area contributed by atoms with Gasteiger partial charge in [0.25, 0.3) is 0 Å². The molecule has 2 N–H and O–H groups in total. The Balaban J connectivity index is 2.02. The van der Waals surface area contributed by atoms with Gasteiger partial charge in [-0.2, -0.15) is 0 Å². The molecule has 1 aliphatic rings. The zero-order valence-corrected chi connectivity index (χ0v) is 12.8. The number of hydrogen-bond acceptors (Lipinski definition) is 5. The van der Waals surface area contributed by atoms with Crippen LogP contribution in [-0.4, -0.2) is 30.8 Å². The molecule has 1 heterocycles. The molecule has 0 aromatic heterocycles. The zero-order valence-electron chi connectivity index (χ0n) is 12.8. The molecule has 0 fully saturated rings. The maximum absolute atomic E-state index is 11.9. The van der Waals surface area contributed by atoms with Crippen molar-refractivity contribution in [3.05, 3.63) is 23.8 Å². The number of benzene rings is 1. The Morgan fingerprint density at radius 1 is 1.29 bits per heavy atom. The lowest BCUT2D eigenvalue weighted by molar-refractivity contribution is -0.156. The number of fused-ring (bicyclic) bond motifs is 1. The summed E-state index contributed by atoms with van der Waals surface area (Å²) in [4.78, 5) is 11.9. The van der Waals surface area contributed by atoms with Crippen molar-refractivity contribution in [3.8, 4) is 11.5 Å². The second kappa shape index (κ2) is 6.35. The smallest absolute Gasteiger partial charge is 0.323 e. The van der Waals surface area contributed by atoms with Gasteiger partial charge in [-0.1, -0.05) is 6.07 Å². The van der Waals surface area contributed by atoms with Gasteiger partial charge in [0, 0.05) is 6.42 Å². The normalized spacial score (nSPS) is 16.0. The van der Waals surface area contributed by atoms with Crippen LogP contribution in [0.15, 0.2) is 18.2 Å². The van der Waals surface area contributed by atoms with Crippen molar-refractivity contribution in [3.63, 3.8) is 0 Å². The Bertz CT molecular complexity index is 507. The molecule has 0 radical (unpaired) electrons. The first-order valence-electron chi connectivity index (χ1n) is 7.22. The second-order valence-electron chi connectivity index (χ2n) is 6.18. The molecule has 1 aromatic carbocycles. The van der Waals surface area contributed by atoms with Crippen molar-refractivity contribution < 1.29 is 19.0 Å². The van der Waals surface area contributed by atoms with Gasteiger partial charge >= 0.3 is 5.97 Å². The molecule has 0 spiro atoms. The number of nitrogens with two attached hydrogens (primary N) is 1. The highest BCUT2D eigenvalue weighted by molar-refractivity contribution is 5.76. The van der Waals surface area contributed by atoms with Crippen molar-refractivity contribution in [2.24, 2.45) is 5.73 Å². The highest BCUT2D eigenvalue weighted by Gasteiger charge is 2.23. The lowest BCUT2D eigenvalue weighted by Gasteiger charge is -2.22. The molecule has 0 amide bonds. The number of carbonyl (C=O) groups is 1. The van der Waals surface area contributed by atoms with Gasteiger partial charge in [-0.05, 0) is 44.9 Å². The summed E-state index contributed by atoms with van der Waals surface area (Å²) >= 11 is 0. The van der Waals surface area contributed by atoms with Gasteiger partial charge in [0.2, 0.25) is 0 Å². The fourth-order valence-corrected chi connectivity index (χ4v) is 2.05. The minimum absolute atomic E-state index is 0.394. The van der Waals surface area contributed by atoms with Gasteiger partial charge in [0.1, 0.15) is 11.6 Å². The summed E-state index contributed by atoms with van der Waals surface area (Å²) in [5, 5.41) is 0. The van der Waals surface area contributed by atoms with E-state index in [2.05, 4.69) is 0 Å². The van der Waals surface area contributed by atoms with Gasteiger partial charge in [0.15, 0.2) is 11.5 Å². The predicted octanol–water partition coefficient (Wildman–Crippen LogP) is 2.06. The number of esters is 1. The Morgan fingerprint density at radius 2 is 1.95 bits per heavy atom. The molecule has 116 valence electrons. The maximum atomic E-state index is 11.9. The summed E-state index contributed by atoms with van der Waals surface area (Å²) in [6, 6.07) is 4.95. The number of ether oxygens (including phenoxy) is 3. The summed E-state index contributed by atoms with van der Waals surface area (Å²) in [5.41, 5.74) is 6.32. The first kappa shape index (κ1) is 15.6. The molecule has 5 nitrogen and oxygen atoms in total. The van der Waals surface area contributed by atoms with Crippen molar-refractivity contribution in [2.45, 2.75) is 45.3 Å². The van der Waals surface area contributed by atoms with E-state index in [-0.39, 0.29) is 0 Å². The quantitative estimate of drug-likeness (QED) is 0.864. The third kappa shape index (κ3) is 4.63. The largest absolute Gasteiger partial charge is 0.490 e. The summed E-state index contributed by atoms with van der Waals surface area (Å²) in [7, 11) is 0. The minimum Gasteiger partial charge on any atom is -0.490 e. The highest BCUT2D eigenvalue weighted by Crippen LogP contribution is 2.30. The molecule has 0 aliphatic carbocycles. The van der Waals surface area contributed by atoms with Crippen LogP contribution >= 0.6 is 0 Å². The number of carbonyl (C=O) groups excluding carboxylic acids is 1. The minimum atomic E-state index is -0.686. The molecule has 21 heavy (non-hydrogen) atoms. The van der Waals surface area contributed by atoms with Crippen LogP contribution in [0, 0.1) is 0 Å². The molecule has 0 saturated carbocycles. The van der Waals surface area contributed by atoms with Crippen LogP contribution in [0.1, 0.15) is 32.8 Å². The molecule has 0 saturated heterocycles. The van der Waals surface area contributed by atoms with E-state index < -0.39 is 17.6 Å². The summed E-state index contributed by atoms with van der Waals surface area (Å²) in [5.74, 6) is 1.05. The summed E-state index contributed by atoms with van der Waals surface area (Å²) in [6.45, 7) is 6.76. The van der Waals surface area contributed by atoms with E-state index in [1.165, 1.54) is 0 Å². The standard InChI is InChI=1S/C16H23NO4/c1-16(2,3)21-15(18)12(17)9-11-5-6-13-14(10-11)20-8-4-7-19-13/h5-6,10,12H,4,7-9,17H2,1-3H3. The van der Waals surface area contributed by atoms with Crippen LogP contribution in [0.4, 0.5) is 0 Å². The van der Waals surface area contributed by atoms with E-state index in [9.17, 15) is 4.79 Å². The van der Waals surface area contributed by atoms with Gasteiger partial charge < -0.3 is 19.9 Å². The molecule has 1 unspecified atom stereocenters. The van der Waals surface area contributed by atoms with E-state index in [1.54, 1.807) is 0 Å². The van der Waals surface area contributed by atoms with E-state index in [0.29, 0.717) is 25.4 Å². The predicted molar refractivity (Wildman–Crippen MR) is 79.6 cm³/mol. The molecule has 1 atom stereocenters. The molecule has 1 aromatic rings. The second-order valence-corrected chi connectivity index (χ2v) is 6.18. The van der Waals surface area contributed by atoms with E-state index in [0.717, 1.165) is 17.7 Å². The van der Waals surface area contributed by atoms with Gasteiger partial charge in [-0.15, -0.1) is 0 Å². The Hall–Kier alpha value is -1.75. The molecule has 0 bridgehead atoms. The average molecular weight is 293 g/mol. The van der Waals surface area contributed by atoms with Crippen molar-refractivity contribution >= 4 is 5.97 Å². The molecule has 1 aliphatic heterocycles. The lowest BCUT2D eigenvalue weighted by atomic mass is 10.1. The zero-order chi connectivity index (χ0) is 15.5. The van der Waals surface area contributed by atoms with Crippen molar-refractivity contribution in [1.29, 1.82) is 0 Å². The topological polar surface area (TPSA) is 70.8 Å². The fourth-order valence-electron chi connectivity index (χ4n) is 2.05. The van der Waals surface area contributed by atoms with Crippen molar-refractivity contribution in [2.75, 3.05) is 13.2 Å².